The number of carbonyl (C=O) groups is 2. The molecule has 5 nitrogen and oxygen atoms in total. The van der Waals surface area contributed by atoms with Gasteiger partial charge in [0, 0.05) is 19.1 Å². The second kappa shape index (κ2) is 6.99. The molecule has 5 heteroatoms. The van der Waals surface area contributed by atoms with E-state index in [1.165, 1.54) is 12.8 Å². The lowest BCUT2D eigenvalue weighted by atomic mass is 9.84. The van der Waals surface area contributed by atoms with Crippen LogP contribution in [0.4, 0.5) is 0 Å². The van der Waals surface area contributed by atoms with Crippen LogP contribution in [0.2, 0.25) is 0 Å². The summed E-state index contributed by atoms with van der Waals surface area (Å²) in [5, 5.41) is 9.48. The fraction of sp³-hybridized carbons (Fsp3) is 0.882. The van der Waals surface area contributed by atoms with Crippen molar-refractivity contribution in [1.82, 2.24) is 4.90 Å². The topological polar surface area (TPSA) is 66.8 Å². The Morgan fingerprint density at radius 2 is 1.86 bits per heavy atom. The van der Waals surface area contributed by atoms with E-state index in [1.807, 2.05) is 0 Å². The van der Waals surface area contributed by atoms with Crippen LogP contribution in [-0.4, -0.2) is 46.7 Å². The maximum absolute atomic E-state index is 12.7. The van der Waals surface area contributed by atoms with E-state index in [0.29, 0.717) is 18.8 Å². The molecule has 0 aromatic carbocycles. The first-order valence-electron chi connectivity index (χ1n) is 8.82. The largest absolute Gasteiger partial charge is 0.480 e. The molecule has 2 heterocycles. The average Bonchev–Trinajstić information content (AvgIpc) is 2.93. The maximum atomic E-state index is 12.7. The van der Waals surface area contributed by atoms with E-state index >= 15 is 0 Å². The number of ether oxygens (including phenoxy) is 1. The number of carbonyl (C=O) groups excluding carboxylic acids is 1. The van der Waals surface area contributed by atoms with Crippen LogP contribution in [0.5, 0.6) is 0 Å². The Morgan fingerprint density at radius 3 is 2.59 bits per heavy atom. The number of carboxylic acids is 1. The fourth-order valence-electron chi connectivity index (χ4n) is 4.49. The number of hydrogen-bond acceptors (Lipinski definition) is 3. The van der Waals surface area contributed by atoms with Crippen molar-refractivity contribution in [3.8, 4) is 0 Å². The van der Waals surface area contributed by atoms with Crippen LogP contribution in [0.3, 0.4) is 0 Å². The van der Waals surface area contributed by atoms with Crippen molar-refractivity contribution in [2.45, 2.75) is 82.4 Å². The number of nitrogens with zero attached hydrogens (tertiary/aromatic N) is 1. The lowest BCUT2D eigenvalue weighted by Crippen LogP contribution is -2.46. The van der Waals surface area contributed by atoms with Crippen LogP contribution < -0.4 is 0 Å². The summed E-state index contributed by atoms with van der Waals surface area (Å²) in [5.74, 6) is -0.419. The zero-order chi connectivity index (χ0) is 15.5. The first kappa shape index (κ1) is 15.8. The number of amides is 1. The van der Waals surface area contributed by atoms with Gasteiger partial charge in [0.15, 0.2) is 0 Å². The summed E-state index contributed by atoms with van der Waals surface area (Å²) in [6, 6.07) is -0.442. The number of hydrogen-bond donors (Lipinski definition) is 1. The highest BCUT2D eigenvalue weighted by atomic mass is 16.5. The Balaban J connectivity index is 1.61. The third-order valence-electron chi connectivity index (χ3n) is 5.62. The van der Waals surface area contributed by atoms with Gasteiger partial charge in [-0.25, -0.2) is 4.79 Å². The van der Waals surface area contributed by atoms with Gasteiger partial charge in [-0.1, -0.05) is 12.8 Å². The summed E-state index contributed by atoms with van der Waals surface area (Å²) < 4.78 is 5.68. The van der Waals surface area contributed by atoms with Crippen LogP contribution >= 0.6 is 0 Å². The lowest BCUT2D eigenvalue weighted by molar-refractivity contribution is -0.150. The third kappa shape index (κ3) is 3.29. The molecule has 0 aromatic rings. The molecule has 3 fully saturated rings. The van der Waals surface area contributed by atoms with Gasteiger partial charge < -0.3 is 14.7 Å². The summed E-state index contributed by atoms with van der Waals surface area (Å²) in [6.45, 7) is 0.797. The van der Waals surface area contributed by atoms with Crippen LogP contribution in [0.15, 0.2) is 0 Å². The first-order chi connectivity index (χ1) is 10.7. The van der Waals surface area contributed by atoms with Gasteiger partial charge in [-0.3, -0.25) is 4.79 Å². The van der Waals surface area contributed by atoms with Gasteiger partial charge in [-0.15, -0.1) is 0 Å². The summed E-state index contributed by atoms with van der Waals surface area (Å²) in [5.41, 5.74) is 0. The second-order valence-corrected chi connectivity index (χ2v) is 7.03. The molecule has 2 aliphatic heterocycles. The first-order valence-corrected chi connectivity index (χ1v) is 8.82. The molecule has 3 aliphatic rings. The van der Waals surface area contributed by atoms with Crippen molar-refractivity contribution in [1.29, 1.82) is 0 Å². The van der Waals surface area contributed by atoms with Crippen LogP contribution in [0.25, 0.3) is 0 Å². The highest BCUT2D eigenvalue weighted by Crippen LogP contribution is 2.40. The summed E-state index contributed by atoms with van der Waals surface area (Å²) in [6.07, 6.45) is 9.64. The summed E-state index contributed by atoms with van der Waals surface area (Å²) in [4.78, 5) is 25.9. The Bertz CT molecular complexity index is 419. The molecule has 0 bridgehead atoms. The zero-order valence-electron chi connectivity index (χ0n) is 13.2. The minimum absolute atomic E-state index is 0.0240. The average molecular weight is 309 g/mol. The molecule has 0 unspecified atom stereocenters. The number of likely N-dealkylation sites (tertiary alicyclic amines) is 1. The minimum atomic E-state index is -0.836. The normalized spacial score (nSPS) is 35.2. The number of carboxylic acid groups (broad SMARTS) is 1. The van der Waals surface area contributed by atoms with Crippen LogP contribution in [0, 0.1) is 5.92 Å². The molecule has 124 valence electrons. The third-order valence-corrected chi connectivity index (χ3v) is 5.62. The van der Waals surface area contributed by atoms with E-state index in [0.717, 1.165) is 45.1 Å². The standard InChI is InChI=1S/C17H27NO4/c19-16(9-8-13-6-3-4-10-22-13)18-14-7-2-1-5-12(14)11-15(18)17(20)21/h12-15H,1-11H2,(H,20,21)/t12-,13+,14-,15-/m0/s1. The Hall–Kier alpha value is -1.10. The Morgan fingerprint density at radius 1 is 1.09 bits per heavy atom. The van der Waals surface area contributed by atoms with Gasteiger partial charge in [-0.2, -0.15) is 0 Å². The predicted octanol–water partition coefficient (Wildman–Crippen LogP) is 2.58. The SMILES string of the molecule is O=C(O)[C@@H]1C[C@@H]2CCCC[C@@H]2N1C(=O)CC[C@H]1CCCCO1. The summed E-state index contributed by atoms with van der Waals surface area (Å²) >= 11 is 0. The molecule has 0 spiro atoms. The van der Waals surface area contributed by atoms with Gasteiger partial charge in [0.05, 0.1) is 6.10 Å². The quantitative estimate of drug-likeness (QED) is 0.867. The van der Waals surface area contributed by atoms with Gasteiger partial charge in [0.25, 0.3) is 0 Å². The number of fused-ring (bicyclic) bond motifs is 1. The van der Waals surface area contributed by atoms with Crippen molar-refractivity contribution in [2.24, 2.45) is 5.92 Å². The molecule has 0 aromatic heterocycles. The molecule has 4 atom stereocenters. The van der Waals surface area contributed by atoms with E-state index in [9.17, 15) is 14.7 Å². The molecule has 1 aliphatic carbocycles. The van der Waals surface area contributed by atoms with Gasteiger partial charge >= 0.3 is 5.97 Å². The minimum Gasteiger partial charge on any atom is -0.480 e. The predicted molar refractivity (Wildman–Crippen MR) is 81.5 cm³/mol. The fourth-order valence-corrected chi connectivity index (χ4v) is 4.49. The molecule has 1 amide bonds. The van der Waals surface area contributed by atoms with Crippen molar-refractivity contribution in [2.75, 3.05) is 6.61 Å². The summed E-state index contributed by atoms with van der Waals surface area (Å²) in [7, 11) is 0. The lowest BCUT2D eigenvalue weighted by Gasteiger charge is -2.33. The van der Waals surface area contributed by atoms with Gasteiger partial charge in [0.1, 0.15) is 6.04 Å². The van der Waals surface area contributed by atoms with E-state index in [2.05, 4.69) is 0 Å². The Labute approximate surface area is 132 Å². The second-order valence-electron chi connectivity index (χ2n) is 7.03. The molecular formula is C17H27NO4. The van der Waals surface area contributed by atoms with E-state index in [1.54, 1.807) is 4.90 Å². The van der Waals surface area contributed by atoms with E-state index in [-0.39, 0.29) is 18.1 Å². The van der Waals surface area contributed by atoms with E-state index in [4.69, 9.17) is 4.74 Å². The van der Waals surface area contributed by atoms with Crippen molar-refractivity contribution in [3.05, 3.63) is 0 Å². The number of aliphatic carboxylic acids is 1. The van der Waals surface area contributed by atoms with Crippen molar-refractivity contribution >= 4 is 11.9 Å². The zero-order valence-corrected chi connectivity index (χ0v) is 13.2. The van der Waals surface area contributed by atoms with Gasteiger partial charge in [0.2, 0.25) is 5.91 Å². The molecule has 1 N–H and O–H groups in total. The molecular weight excluding hydrogens is 282 g/mol. The molecule has 22 heavy (non-hydrogen) atoms. The Kier molecular flexibility index (Phi) is 5.01. The van der Waals surface area contributed by atoms with Gasteiger partial charge in [-0.05, 0) is 50.9 Å². The maximum Gasteiger partial charge on any atom is 0.326 e. The van der Waals surface area contributed by atoms with E-state index < -0.39 is 12.0 Å². The smallest absolute Gasteiger partial charge is 0.326 e. The van der Waals surface area contributed by atoms with Crippen molar-refractivity contribution in [3.63, 3.8) is 0 Å². The molecule has 1 saturated carbocycles. The molecule has 3 rings (SSSR count). The van der Waals surface area contributed by atoms with Crippen molar-refractivity contribution < 1.29 is 19.4 Å². The highest BCUT2D eigenvalue weighted by molar-refractivity contribution is 5.84. The highest BCUT2D eigenvalue weighted by Gasteiger charge is 2.47. The molecule has 2 saturated heterocycles. The monoisotopic (exact) mass is 309 g/mol. The van der Waals surface area contributed by atoms with Crippen LogP contribution in [0.1, 0.15) is 64.2 Å². The van der Waals surface area contributed by atoms with Crippen LogP contribution in [-0.2, 0) is 14.3 Å². The number of rotatable bonds is 4. The molecule has 0 radical (unpaired) electrons.